The minimum absolute atomic E-state index is 0.195. The summed E-state index contributed by atoms with van der Waals surface area (Å²) in [4.78, 5) is 17.9. The molecule has 9 unspecified atom stereocenters. The van der Waals surface area contributed by atoms with Gasteiger partial charge in [0.1, 0.15) is 6.26 Å². The Hall–Kier alpha value is -1.91. The molecule has 2 aromatic rings. The summed E-state index contributed by atoms with van der Waals surface area (Å²) in [5, 5.41) is 4.46. The fourth-order valence-electron chi connectivity index (χ4n) is 9.28. The maximum Gasteiger partial charge on any atom is 0.229 e. The highest BCUT2D eigenvalue weighted by molar-refractivity contribution is 5.83. The first-order chi connectivity index (χ1) is 16.0. The molecule has 0 radical (unpaired) electrons. The van der Waals surface area contributed by atoms with Gasteiger partial charge in [-0.15, -0.1) is 0 Å². The molecule has 5 nitrogen and oxygen atoms in total. The first-order valence-electron chi connectivity index (χ1n) is 13.5. The minimum Gasteiger partial charge on any atom is -0.444 e. The van der Waals surface area contributed by atoms with Crippen LogP contribution in [0.25, 0.3) is 11.5 Å². The van der Waals surface area contributed by atoms with E-state index in [4.69, 9.17) is 4.42 Å². The van der Waals surface area contributed by atoms with Crippen molar-refractivity contribution in [1.29, 1.82) is 0 Å². The Morgan fingerprint density at radius 2 is 2.06 bits per heavy atom. The largest absolute Gasteiger partial charge is 0.444 e. The summed E-state index contributed by atoms with van der Waals surface area (Å²) >= 11 is 0. The van der Waals surface area contributed by atoms with Crippen LogP contribution >= 0.6 is 0 Å². The highest BCUT2D eigenvalue weighted by Crippen LogP contribution is 2.74. The normalized spacial score (nSPS) is 41.3. The number of rotatable bonds is 7. The van der Waals surface area contributed by atoms with Crippen LogP contribution in [0.4, 0.5) is 0 Å². The van der Waals surface area contributed by atoms with Gasteiger partial charge in [-0.2, -0.15) is 5.10 Å². The zero-order valence-electron chi connectivity index (χ0n) is 20.5. The molecule has 0 aromatic carbocycles. The number of fused-ring (bicyclic) bond motifs is 5. The summed E-state index contributed by atoms with van der Waals surface area (Å²) in [6.45, 7) is 7.64. The van der Waals surface area contributed by atoms with Crippen LogP contribution in [0.2, 0.25) is 0 Å². The van der Waals surface area contributed by atoms with Crippen molar-refractivity contribution in [1.82, 2.24) is 14.8 Å². The molecule has 33 heavy (non-hydrogen) atoms. The standard InChI is InChI=1S/C28H39N3O2/c1-4-6-19-17(5-2)7-8-21-20(19)9-10-28(3)25(21)22-13-23(22)26(28)24(32)16-31-15-18(14-30-31)27-29-11-12-33-27/h11-12,14-15,17,19-23,25-26H,4-10,13,16H2,1-3H3. The van der Waals surface area contributed by atoms with Crippen LogP contribution < -0.4 is 0 Å². The van der Waals surface area contributed by atoms with E-state index in [9.17, 15) is 4.79 Å². The molecule has 0 aliphatic heterocycles. The zero-order valence-corrected chi connectivity index (χ0v) is 20.5. The number of carbonyl (C=O) groups excluding carboxylic acids is 1. The lowest BCUT2D eigenvalue weighted by molar-refractivity contribution is -0.133. The molecule has 4 saturated carbocycles. The molecular formula is C28H39N3O2. The quantitative estimate of drug-likeness (QED) is 0.501. The Morgan fingerprint density at radius 3 is 2.82 bits per heavy atom. The molecule has 0 bridgehead atoms. The summed E-state index contributed by atoms with van der Waals surface area (Å²) < 4.78 is 7.19. The van der Waals surface area contributed by atoms with E-state index in [1.165, 1.54) is 51.4 Å². The van der Waals surface area contributed by atoms with Gasteiger partial charge in [0.15, 0.2) is 5.78 Å². The van der Waals surface area contributed by atoms with Crippen LogP contribution in [-0.4, -0.2) is 20.5 Å². The molecule has 4 aliphatic carbocycles. The lowest BCUT2D eigenvalue weighted by atomic mass is 9.49. The average molecular weight is 450 g/mol. The van der Waals surface area contributed by atoms with Gasteiger partial charge in [0.25, 0.3) is 0 Å². The van der Waals surface area contributed by atoms with Crippen LogP contribution in [0.1, 0.15) is 72.1 Å². The smallest absolute Gasteiger partial charge is 0.229 e. The van der Waals surface area contributed by atoms with E-state index in [-0.39, 0.29) is 11.3 Å². The molecule has 2 aromatic heterocycles. The summed E-state index contributed by atoms with van der Waals surface area (Å²) in [7, 11) is 0. The number of hydrogen-bond donors (Lipinski definition) is 0. The maximum absolute atomic E-state index is 13.7. The van der Waals surface area contributed by atoms with Crippen molar-refractivity contribution in [3.8, 4) is 11.5 Å². The topological polar surface area (TPSA) is 60.9 Å². The van der Waals surface area contributed by atoms with E-state index < -0.39 is 0 Å². The second kappa shape index (κ2) is 8.09. The predicted molar refractivity (Wildman–Crippen MR) is 127 cm³/mol. The van der Waals surface area contributed by atoms with Crippen LogP contribution in [0.3, 0.4) is 0 Å². The second-order valence-corrected chi connectivity index (χ2v) is 11.9. The van der Waals surface area contributed by atoms with Crippen molar-refractivity contribution < 1.29 is 9.21 Å². The van der Waals surface area contributed by atoms with Gasteiger partial charge < -0.3 is 4.42 Å². The van der Waals surface area contributed by atoms with Crippen molar-refractivity contribution in [3.05, 3.63) is 24.9 Å². The van der Waals surface area contributed by atoms with E-state index in [0.717, 1.165) is 41.1 Å². The van der Waals surface area contributed by atoms with Gasteiger partial charge in [-0.25, -0.2) is 4.98 Å². The number of ketones is 1. The van der Waals surface area contributed by atoms with Crippen molar-refractivity contribution >= 4 is 5.78 Å². The van der Waals surface area contributed by atoms with E-state index in [1.54, 1.807) is 23.3 Å². The third-order valence-corrected chi connectivity index (χ3v) is 10.4. The molecule has 5 heteroatoms. The van der Waals surface area contributed by atoms with E-state index in [1.807, 2.05) is 6.20 Å². The van der Waals surface area contributed by atoms with E-state index in [0.29, 0.717) is 24.1 Å². The monoisotopic (exact) mass is 449 g/mol. The lowest BCUT2D eigenvalue weighted by Crippen LogP contribution is -2.50. The molecule has 178 valence electrons. The molecule has 0 spiro atoms. The Kier molecular flexibility index (Phi) is 5.30. The summed E-state index contributed by atoms with van der Waals surface area (Å²) in [6, 6.07) is 0. The Bertz CT molecular complexity index is 997. The molecule has 2 heterocycles. The molecule has 6 rings (SSSR count). The number of hydrogen-bond acceptors (Lipinski definition) is 4. The third kappa shape index (κ3) is 3.36. The van der Waals surface area contributed by atoms with Gasteiger partial charge in [-0.3, -0.25) is 9.48 Å². The van der Waals surface area contributed by atoms with Crippen LogP contribution in [-0.2, 0) is 11.3 Å². The van der Waals surface area contributed by atoms with Gasteiger partial charge in [0, 0.05) is 12.1 Å². The van der Waals surface area contributed by atoms with Crippen molar-refractivity contribution in [2.75, 3.05) is 0 Å². The van der Waals surface area contributed by atoms with Crippen LogP contribution in [0, 0.1) is 52.8 Å². The molecule has 0 N–H and O–H groups in total. The summed E-state index contributed by atoms with van der Waals surface area (Å²) in [5.74, 6) is 7.01. The van der Waals surface area contributed by atoms with Crippen LogP contribution in [0.15, 0.2) is 29.3 Å². The second-order valence-electron chi connectivity index (χ2n) is 11.9. The highest BCUT2D eigenvalue weighted by atomic mass is 16.3. The first kappa shape index (κ1) is 21.6. The SMILES string of the molecule is CCCC1C(CC)CCC2C1CCC1(C)C(C(=O)Cn3cc(-c4ncco4)cn3)C3CC3C21. The maximum atomic E-state index is 13.7. The van der Waals surface area contributed by atoms with Gasteiger partial charge in [0.2, 0.25) is 5.89 Å². The van der Waals surface area contributed by atoms with Crippen molar-refractivity contribution in [2.24, 2.45) is 52.8 Å². The fraction of sp³-hybridized carbons (Fsp3) is 0.750. The number of oxazole rings is 1. The van der Waals surface area contributed by atoms with Gasteiger partial charge in [0.05, 0.1) is 24.5 Å². The number of carbonyl (C=O) groups is 1. The highest BCUT2D eigenvalue weighted by Gasteiger charge is 2.70. The first-order valence-corrected chi connectivity index (χ1v) is 13.5. The lowest BCUT2D eigenvalue weighted by Gasteiger charge is -2.56. The predicted octanol–water partition coefficient (Wildman–Crippen LogP) is 6.26. The van der Waals surface area contributed by atoms with E-state index in [2.05, 4.69) is 30.9 Å². The zero-order chi connectivity index (χ0) is 22.7. The van der Waals surface area contributed by atoms with Crippen molar-refractivity contribution in [2.45, 2.75) is 78.7 Å². The van der Waals surface area contributed by atoms with Crippen LogP contribution in [0.5, 0.6) is 0 Å². The Labute approximate surface area is 197 Å². The third-order valence-electron chi connectivity index (χ3n) is 10.4. The fourth-order valence-corrected chi connectivity index (χ4v) is 9.28. The molecule has 4 fully saturated rings. The average Bonchev–Trinajstić information content (AvgIpc) is 3.17. The molecule has 4 aliphatic rings. The Morgan fingerprint density at radius 1 is 1.18 bits per heavy atom. The summed E-state index contributed by atoms with van der Waals surface area (Å²) in [6.07, 6.45) is 17.7. The van der Waals surface area contributed by atoms with Gasteiger partial charge in [-0.1, -0.05) is 40.0 Å². The summed E-state index contributed by atoms with van der Waals surface area (Å²) in [5.41, 5.74) is 1.03. The molecule has 9 atom stereocenters. The minimum atomic E-state index is 0.195. The number of aromatic nitrogens is 3. The number of Topliss-reactive ketones (excluding diaryl/α,β-unsaturated/α-hetero) is 1. The molecule has 0 amide bonds. The van der Waals surface area contributed by atoms with Gasteiger partial charge >= 0.3 is 0 Å². The molecule has 0 saturated heterocycles. The van der Waals surface area contributed by atoms with Gasteiger partial charge in [-0.05, 0) is 78.9 Å². The Balaban J connectivity index is 1.21. The molecular weight excluding hydrogens is 410 g/mol. The van der Waals surface area contributed by atoms with Crippen molar-refractivity contribution in [3.63, 3.8) is 0 Å². The number of nitrogens with zero attached hydrogens (tertiary/aromatic N) is 3. The van der Waals surface area contributed by atoms with E-state index >= 15 is 0 Å².